The molecule has 1 aliphatic heterocycles. The number of benzene rings is 1. The maximum absolute atomic E-state index is 11.5. The van der Waals surface area contributed by atoms with E-state index in [1.807, 2.05) is 6.07 Å². The zero-order valence-corrected chi connectivity index (χ0v) is 13.2. The Morgan fingerprint density at radius 1 is 1.24 bits per heavy atom. The molecule has 0 radical (unpaired) electrons. The van der Waals surface area contributed by atoms with Gasteiger partial charge in [-0.25, -0.2) is 12.7 Å². The highest BCUT2D eigenvalue weighted by Crippen LogP contribution is 2.33. The number of nitrogens with one attached hydrogen (secondary N) is 1. The summed E-state index contributed by atoms with van der Waals surface area (Å²) in [5, 5.41) is 3.70. The summed E-state index contributed by atoms with van der Waals surface area (Å²) in [6.07, 6.45) is 5.23. The second-order valence-corrected chi connectivity index (χ2v) is 8.13. The molecule has 0 spiro atoms. The van der Waals surface area contributed by atoms with Gasteiger partial charge in [0.25, 0.3) is 0 Å². The molecule has 1 heterocycles. The fourth-order valence-electron chi connectivity index (χ4n) is 3.45. The molecule has 0 aromatic heterocycles. The van der Waals surface area contributed by atoms with Crippen molar-refractivity contribution in [3.63, 3.8) is 0 Å². The molecule has 21 heavy (non-hydrogen) atoms. The third-order valence-corrected chi connectivity index (χ3v) is 5.91. The smallest absolute Gasteiger partial charge is 0.211 e. The summed E-state index contributed by atoms with van der Waals surface area (Å²) in [5.41, 5.74) is 9.37. The summed E-state index contributed by atoms with van der Waals surface area (Å²) in [7, 11) is -3.04. The van der Waals surface area contributed by atoms with E-state index in [-0.39, 0.29) is 0 Å². The van der Waals surface area contributed by atoms with Gasteiger partial charge in [0.1, 0.15) is 0 Å². The second-order valence-electron chi connectivity index (χ2n) is 6.15. The Hall–Kier alpha value is -1.11. The van der Waals surface area contributed by atoms with Crippen molar-refractivity contribution in [2.45, 2.75) is 37.8 Å². The van der Waals surface area contributed by atoms with Gasteiger partial charge < -0.3 is 11.1 Å². The number of nitrogen functional groups attached to an aromatic ring is 1. The number of anilines is 1. The van der Waals surface area contributed by atoms with E-state index in [2.05, 4.69) is 17.4 Å². The van der Waals surface area contributed by atoms with Crippen LogP contribution in [0.5, 0.6) is 0 Å². The number of fused-ring (bicyclic) bond motifs is 1. The van der Waals surface area contributed by atoms with Crippen LogP contribution in [-0.2, 0) is 16.4 Å². The molecule has 1 saturated heterocycles. The summed E-state index contributed by atoms with van der Waals surface area (Å²) >= 11 is 0. The van der Waals surface area contributed by atoms with Gasteiger partial charge in [-0.2, -0.15) is 0 Å². The molecule has 6 heteroatoms. The van der Waals surface area contributed by atoms with E-state index in [1.54, 1.807) is 4.31 Å². The summed E-state index contributed by atoms with van der Waals surface area (Å²) in [4.78, 5) is 0. The lowest BCUT2D eigenvalue weighted by atomic mass is 10.0. The van der Waals surface area contributed by atoms with Crippen molar-refractivity contribution in [1.29, 1.82) is 0 Å². The van der Waals surface area contributed by atoms with E-state index in [4.69, 9.17) is 5.73 Å². The van der Waals surface area contributed by atoms with Crippen molar-refractivity contribution in [2.24, 2.45) is 0 Å². The standard InChI is InChI=1S/C15H23N3O2S/c1-21(19,20)18-8-6-13(7-9-18)17-15-5-2-11-10-12(16)3-4-14(11)15/h3-4,10,13,15,17H,2,5-9,16H2,1H3. The van der Waals surface area contributed by atoms with Gasteiger partial charge in [0, 0.05) is 30.9 Å². The SMILES string of the molecule is CS(=O)(=O)N1CCC(NC2CCc3cc(N)ccc32)CC1. The number of hydrogen-bond acceptors (Lipinski definition) is 4. The number of sulfonamides is 1. The first-order valence-corrected chi connectivity index (χ1v) is 9.38. The summed E-state index contributed by atoms with van der Waals surface area (Å²) < 4.78 is 24.6. The molecule has 1 aromatic carbocycles. The molecule has 3 rings (SSSR count). The summed E-state index contributed by atoms with van der Waals surface area (Å²) in [5.74, 6) is 0. The van der Waals surface area contributed by atoms with Gasteiger partial charge >= 0.3 is 0 Å². The third-order valence-electron chi connectivity index (χ3n) is 4.60. The van der Waals surface area contributed by atoms with Gasteiger partial charge in [0.15, 0.2) is 0 Å². The molecule has 1 aliphatic carbocycles. The Morgan fingerprint density at radius 3 is 2.62 bits per heavy atom. The zero-order chi connectivity index (χ0) is 15.0. The summed E-state index contributed by atoms with van der Waals surface area (Å²) in [6, 6.07) is 6.95. The van der Waals surface area contributed by atoms with Crippen LogP contribution in [0, 0.1) is 0 Å². The molecule has 0 saturated carbocycles. The molecule has 116 valence electrons. The van der Waals surface area contributed by atoms with Crippen molar-refractivity contribution >= 4 is 15.7 Å². The van der Waals surface area contributed by atoms with Gasteiger partial charge in [-0.15, -0.1) is 0 Å². The third kappa shape index (κ3) is 3.22. The van der Waals surface area contributed by atoms with Crippen molar-refractivity contribution in [2.75, 3.05) is 25.1 Å². The quantitative estimate of drug-likeness (QED) is 0.825. The lowest BCUT2D eigenvalue weighted by molar-refractivity contribution is 0.274. The molecule has 5 nitrogen and oxygen atoms in total. The molecule has 0 amide bonds. The van der Waals surface area contributed by atoms with Crippen molar-refractivity contribution in [3.8, 4) is 0 Å². The molecule has 1 aromatic rings. The Bertz CT molecular complexity index is 622. The Morgan fingerprint density at radius 2 is 1.95 bits per heavy atom. The van der Waals surface area contributed by atoms with Gasteiger partial charge in [-0.1, -0.05) is 6.07 Å². The first-order valence-electron chi connectivity index (χ1n) is 7.53. The Balaban J connectivity index is 1.60. The number of piperidine rings is 1. The number of aryl methyl sites for hydroxylation is 1. The minimum absolute atomic E-state index is 0.385. The number of hydrogen-bond donors (Lipinski definition) is 2. The van der Waals surface area contributed by atoms with E-state index in [0.29, 0.717) is 25.2 Å². The van der Waals surface area contributed by atoms with E-state index >= 15 is 0 Å². The van der Waals surface area contributed by atoms with Crippen LogP contribution in [0.2, 0.25) is 0 Å². The highest BCUT2D eigenvalue weighted by molar-refractivity contribution is 7.88. The molecule has 0 bridgehead atoms. The van der Waals surface area contributed by atoms with Crippen LogP contribution in [0.4, 0.5) is 5.69 Å². The van der Waals surface area contributed by atoms with Crippen LogP contribution in [0.1, 0.15) is 36.4 Å². The molecule has 3 N–H and O–H groups in total. The van der Waals surface area contributed by atoms with Crippen LogP contribution in [0.25, 0.3) is 0 Å². The van der Waals surface area contributed by atoms with Crippen LogP contribution < -0.4 is 11.1 Å². The predicted molar refractivity (Wildman–Crippen MR) is 84.5 cm³/mol. The van der Waals surface area contributed by atoms with Gasteiger partial charge in [0.05, 0.1) is 6.26 Å². The van der Waals surface area contributed by atoms with Gasteiger partial charge in [-0.05, 0) is 48.9 Å². The fraction of sp³-hybridized carbons (Fsp3) is 0.600. The maximum Gasteiger partial charge on any atom is 0.211 e. The number of nitrogens with two attached hydrogens (primary N) is 1. The van der Waals surface area contributed by atoms with Crippen molar-refractivity contribution < 1.29 is 8.42 Å². The van der Waals surface area contributed by atoms with E-state index in [0.717, 1.165) is 31.4 Å². The minimum Gasteiger partial charge on any atom is -0.399 e. The van der Waals surface area contributed by atoms with Gasteiger partial charge in [-0.3, -0.25) is 0 Å². The molecule has 2 aliphatic rings. The highest BCUT2D eigenvalue weighted by atomic mass is 32.2. The molecule has 1 fully saturated rings. The monoisotopic (exact) mass is 309 g/mol. The first kappa shape index (κ1) is 14.8. The van der Waals surface area contributed by atoms with Gasteiger partial charge in [0.2, 0.25) is 10.0 Å². The van der Waals surface area contributed by atoms with Crippen LogP contribution in [0.3, 0.4) is 0 Å². The lowest BCUT2D eigenvalue weighted by Crippen LogP contribution is -2.45. The first-order chi connectivity index (χ1) is 9.93. The van der Waals surface area contributed by atoms with Crippen LogP contribution in [-0.4, -0.2) is 38.1 Å². The zero-order valence-electron chi connectivity index (χ0n) is 12.4. The number of rotatable bonds is 3. The normalized spacial score (nSPS) is 24.1. The molecule has 1 unspecified atom stereocenters. The minimum atomic E-state index is -3.04. The largest absolute Gasteiger partial charge is 0.399 e. The Kier molecular flexibility index (Phi) is 3.94. The molecular weight excluding hydrogens is 286 g/mol. The number of nitrogens with zero attached hydrogens (tertiary/aromatic N) is 1. The van der Waals surface area contributed by atoms with E-state index in [9.17, 15) is 8.42 Å². The average Bonchev–Trinajstić information content (AvgIpc) is 2.80. The van der Waals surface area contributed by atoms with Crippen LogP contribution >= 0.6 is 0 Å². The highest BCUT2D eigenvalue weighted by Gasteiger charge is 2.29. The summed E-state index contributed by atoms with van der Waals surface area (Å²) in [6.45, 7) is 1.25. The Labute approximate surface area is 126 Å². The maximum atomic E-state index is 11.5. The molecule has 1 atom stereocenters. The van der Waals surface area contributed by atoms with Crippen molar-refractivity contribution in [1.82, 2.24) is 9.62 Å². The fourth-order valence-corrected chi connectivity index (χ4v) is 4.32. The van der Waals surface area contributed by atoms with E-state index in [1.165, 1.54) is 17.4 Å². The lowest BCUT2D eigenvalue weighted by Gasteiger charge is -2.32. The predicted octanol–water partition coefficient (Wildman–Crippen LogP) is 1.27. The topological polar surface area (TPSA) is 75.4 Å². The molecular formula is C15H23N3O2S. The average molecular weight is 309 g/mol. The second kappa shape index (κ2) is 5.59. The van der Waals surface area contributed by atoms with Crippen molar-refractivity contribution in [3.05, 3.63) is 29.3 Å². The van der Waals surface area contributed by atoms with Crippen LogP contribution in [0.15, 0.2) is 18.2 Å². The van der Waals surface area contributed by atoms with E-state index < -0.39 is 10.0 Å².